The molecule has 0 bridgehead atoms. The Balaban J connectivity index is 1.89. The van der Waals surface area contributed by atoms with Gasteiger partial charge in [0.1, 0.15) is 18.4 Å². The minimum Gasteiger partial charge on any atom is -0.598 e. The van der Waals surface area contributed by atoms with Crippen LogP contribution in [0.15, 0.2) is 53.6 Å². The monoisotopic (exact) mass is 334 g/mol. The molecule has 1 unspecified atom stereocenters. The van der Waals surface area contributed by atoms with Gasteiger partial charge in [-0.3, -0.25) is 0 Å². The Morgan fingerprint density at radius 1 is 1.43 bits per heavy atom. The molecule has 0 radical (unpaired) electrons. The number of ether oxygens (including phenoxy) is 1. The minimum absolute atomic E-state index is 0.353. The van der Waals surface area contributed by atoms with Gasteiger partial charge in [-0.05, 0) is 17.1 Å². The Hall–Kier alpha value is -1.76. The summed E-state index contributed by atoms with van der Waals surface area (Å²) in [6.07, 6.45) is 3.56. The molecule has 2 atom stereocenters. The summed E-state index contributed by atoms with van der Waals surface area (Å²) >= 11 is -1.12. The highest BCUT2D eigenvalue weighted by Gasteiger charge is 2.20. The summed E-state index contributed by atoms with van der Waals surface area (Å²) in [6.45, 7) is 6.23. The molecule has 2 aromatic rings. The lowest BCUT2D eigenvalue weighted by atomic mass is 10.2. The van der Waals surface area contributed by atoms with Gasteiger partial charge in [0.25, 0.3) is 5.88 Å². The second-order valence-corrected chi connectivity index (χ2v) is 6.41. The number of nitrogens with one attached hydrogen (secondary N) is 1. The second kappa shape index (κ2) is 9.39. The van der Waals surface area contributed by atoms with Crippen molar-refractivity contribution in [3.8, 4) is 5.88 Å². The average Bonchev–Trinajstić information content (AvgIpc) is 3.05. The fraction of sp³-hybridized carbons (Fsp3) is 0.353. The van der Waals surface area contributed by atoms with Crippen LogP contribution < -0.4 is 9.46 Å². The van der Waals surface area contributed by atoms with E-state index >= 15 is 0 Å². The number of benzene rings is 1. The lowest BCUT2D eigenvalue weighted by Crippen LogP contribution is -2.29. The van der Waals surface area contributed by atoms with E-state index in [0.29, 0.717) is 24.0 Å². The van der Waals surface area contributed by atoms with Gasteiger partial charge in [0.2, 0.25) is 0 Å². The third-order valence-corrected chi connectivity index (χ3v) is 4.40. The van der Waals surface area contributed by atoms with Gasteiger partial charge in [-0.2, -0.15) is 0 Å². The lowest BCUT2D eigenvalue weighted by Gasteiger charge is -2.14. The van der Waals surface area contributed by atoms with Crippen molar-refractivity contribution in [3.05, 3.63) is 60.4 Å². The van der Waals surface area contributed by atoms with Crippen molar-refractivity contribution in [1.82, 2.24) is 9.88 Å². The Morgan fingerprint density at radius 3 is 2.91 bits per heavy atom. The number of hydrogen-bond donors (Lipinski definition) is 1. The Labute approximate surface area is 140 Å². The van der Waals surface area contributed by atoms with Crippen LogP contribution in [0.2, 0.25) is 0 Å². The van der Waals surface area contributed by atoms with Crippen LogP contribution in [0, 0.1) is 0 Å². The summed E-state index contributed by atoms with van der Waals surface area (Å²) < 4.78 is 25.8. The summed E-state index contributed by atoms with van der Waals surface area (Å²) in [5.74, 6) is 1.54. The number of unbranched alkanes of at least 4 members (excludes halogenated alkanes) is 1. The fourth-order valence-corrected chi connectivity index (χ4v) is 3.08. The molecular formula is C17H22N2O3S. The van der Waals surface area contributed by atoms with Crippen molar-refractivity contribution in [2.45, 2.75) is 32.4 Å². The molecule has 0 amide bonds. The quantitative estimate of drug-likeness (QED) is 0.531. The van der Waals surface area contributed by atoms with Gasteiger partial charge in [-0.25, -0.2) is 0 Å². The maximum Gasteiger partial charge on any atom is 0.254 e. The third kappa shape index (κ3) is 5.74. The Morgan fingerprint density at radius 2 is 2.22 bits per heavy atom. The number of rotatable bonds is 10. The predicted molar refractivity (Wildman–Crippen MR) is 91.3 cm³/mol. The molecule has 0 saturated heterocycles. The van der Waals surface area contributed by atoms with Gasteiger partial charge in [0, 0.05) is 17.4 Å². The summed E-state index contributed by atoms with van der Waals surface area (Å²) in [5, 5.41) is 3.89. The van der Waals surface area contributed by atoms with Crippen LogP contribution in [-0.4, -0.2) is 15.5 Å². The van der Waals surface area contributed by atoms with Crippen LogP contribution in [-0.2, 0) is 18.0 Å². The van der Waals surface area contributed by atoms with Crippen LogP contribution in [0.4, 0.5) is 0 Å². The molecule has 5 nitrogen and oxygen atoms in total. The molecule has 2 rings (SSSR count). The van der Waals surface area contributed by atoms with Crippen LogP contribution in [0.1, 0.15) is 37.1 Å². The Kier molecular flexibility index (Phi) is 7.19. The first-order valence-electron chi connectivity index (χ1n) is 7.63. The summed E-state index contributed by atoms with van der Waals surface area (Å²) in [4.78, 5) is 0. The molecular weight excluding hydrogens is 312 g/mol. The van der Waals surface area contributed by atoms with Gasteiger partial charge in [-0.1, -0.05) is 49.8 Å². The normalized spacial score (nSPS) is 13.5. The van der Waals surface area contributed by atoms with Crippen LogP contribution in [0.5, 0.6) is 5.88 Å². The largest absolute Gasteiger partial charge is 0.598 e. The number of hydrogen-bond acceptors (Lipinski definition) is 5. The van der Waals surface area contributed by atoms with Crippen LogP contribution in [0.3, 0.4) is 0 Å². The number of nitrogens with zero attached hydrogens (tertiary/aromatic N) is 1. The maximum absolute atomic E-state index is 11.9. The summed E-state index contributed by atoms with van der Waals surface area (Å²) in [6, 6.07) is 11.2. The first kappa shape index (κ1) is 17.6. The van der Waals surface area contributed by atoms with E-state index < -0.39 is 11.4 Å². The van der Waals surface area contributed by atoms with E-state index in [-0.39, 0.29) is 6.04 Å². The molecule has 23 heavy (non-hydrogen) atoms. The number of aromatic nitrogens is 1. The van der Waals surface area contributed by atoms with Gasteiger partial charge in [-0.15, -0.1) is 11.3 Å². The smallest absolute Gasteiger partial charge is 0.254 e. The zero-order valence-electron chi connectivity index (χ0n) is 13.2. The van der Waals surface area contributed by atoms with Crippen molar-refractivity contribution >= 4 is 11.4 Å². The molecule has 124 valence electrons. The molecule has 1 aromatic carbocycles. The van der Waals surface area contributed by atoms with Gasteiger partial charge in [0.05, 0.1) is 0 Å². The molecule has 0 aliphatic rings. The van der Waals surface area contributed by atoms with Crippen molar-refractivity contribution in [2.24, 2.45) is 0 Å². The van der Waals surface area contributed by atoms with Crippen molar-refractivity contribution in [1.29, 1.82) is 0 Å². The molecule has 1 N–H and O–H groups in total. The highest BCUT2D eigenvalue weighted by atomic mass is 32.2. The van der Waals surface area contributed by atoms with E-state index in [0.717, 1.165) is 18.4 Å². The van der Waals surface area contributed by atoms with Crippen molar-refractivity contribution < 1.29 is 13.8 Å². The van der Waals surface area contributed by atoms with E-state index in [2.05, 4.69) is 23.4 Å². The van der Waals surface area contributed by atoms with E-state index in [1.807, 2.05) is 30.3 Å². The standard InChI is InChI=1S/C17H22N2O3S/c1-3-5-11-23(20)19-15(4-2)16-12-17(18-22-16)21-13-14-9-7-6-8-10-14/h4,6-10,12,15,19H,2-3,5,11,13H2,1H3/t15-,23?/m0/s1. The van der Waals surface area contributed by atoms with Crippen molar-refractivity contribution in [3.63, 3.8) is 0 Å². The molecule has 1 heterocycles. The molecule has 6 heteroatoms. The lowest BCUT2D eigenvalue weighted by molar-refractivity contribution is 0.264. The van der Waals surface area contributed by atoms with Gasteiger partial charge < -0.3 is 13.8 Å². The van der Waals surface area contributed by atoms with Gasteiger partial charge in [0.15, 0.2) is 5.76 Å². The fourth-order valence-electron chi connectivity index (χ4n) is 1.92. The third-order valence-electron chi connectivity index (χ3n) is 3.22. The van der Waals surface area contributed by atoms with Gasteiger partial charge >= 0.3 is 0 Å². The molecule has 1 aromatic heterocycles. The molecule has 0 spiro atoms. The molecule has 0 fully saturated rings. The zero-order valence-corrected chi connectivity index (χ0v) is 14.1. The van der Waals surface area contributed by atoms with E-state index in [4.69, 9.17) is 9.26 Å². The average molecular weight is 334 g/mol. The Bertz CT molecular complexity index is 589. The van der Waals surface area contributed by atoms with Crippen LogP contribution >= 0.6 is 0 Å². The van der Waals surface area contributed by atoms with Crippen molar-refractivity contribution in [2.75, 3.05) is 5.75 Å². The highest BCUT2D eigenvalue weighted by Crippen LogP contribution is 2.21. The first-order chi connectivity index (χ1) is 11.2. The summed E-state index contributed by atoms with van der Waals surface area (Å²) in [7, 11) is 0. The predicted octanol–water partition coefficient (Wildman–Crippen LogP) is 3.53. The molecule has 0 aliphatic carbocycles. The minimum atomic E-state index is -1.12. The second-order valence-electron chi connectivity index (χ2n) is 5.08. The highest BCUT2D eigenvalue weighted by molar-refractivity contribution is 7.89. The molecule has 0 saturated carbocycles. The van der Waals surface area contributed by atoms with E-state index in [9.17, 15) is 4.55 Å². The maximum atomic E-state index is 11.9. The van der Waals surface area contributed by atoms with Crippen LogP contribution in [0.25, 0.3) is 0 Å². The SMILES string of the molecule is C=C[C@H](N[S+]([O-])CCCC)c1cc(OCc2ccccc2)no1. The zero-order chi connectivity index (χ0) is 16.5. The first-order valence-corrected chi connectivity index (χ1v) is 8.95. The summed E-state index contributed by atoms with van der Waals surface area (Å²) in [5.41, 5.74) is 1.05. The molecule has 0 aliphatic heterocycles. The van der Waals surface area contributed by atoms with E-state index in [1.54, 1.807) is 12.1 Å². The van der Waals surface area contributed by atoms with E-state index in [1.165, 1.54) is 0 Å². The topological polar surface area (TPSA) is 70.3 Å².